The molecule has 27 heavy (non-hydrogen) atoms. The van der Waals surface area contributed by atoms with Crippen LogP contribution >= 0.6 is 0 Å². The molecule has 0 spiro atoms. The molecule has 0 bridgehead atoms. The molecule has 0 radical (unpaired) electrons. The van der Waals surface area contributed by atoms with Crippen LogP contribution in [0.15, 0.2) is 60.8 Å². The molecule has 0 saturated heterocycles. The average Bonchev–Trinajstić information content (AvgIpc) is 2.70. The predicted octanol–water partition coefficient (Wildman–Crippen LogP) is 3.39. The second-order valence-electron chi connectivity index (χ2n) is 5.68. The van der Waals surface area contributed by atoms with Gasteiger partial charge in [0.05, 0.1) is 11.3 Å². The first kappa shape index (κ1) is 18.0. The summed E-state index contributed by atoms with van der Waals surface area (Å²) in [7, 11) is 0. The quantitative estimate of drug-likeness (QED) is 0.702. The van der Waals surface area contributed by atoms with E-state index in [-0.39, 0.29) is 11.5 Å². The Bertz CT molecular complexity index is 982. The smallest absolute Gasteiger partial charge is 0.274 e. The number of carbonyl (C=O) groups excluding carboxylic acids is 1. The van der Waals surface area contributed by atoms with Crippen molar-refractivity contribution in [2.45, 2.75) is 6.42 Å². The number of nitrogens with zero attached hydrogens (tertiary/aromatic N) is 3. The molecule has 7 heteroatoms. The Labute approximate surface area is 155 Å². The van der Waals surface area contributed by atoms with Gasteiger partial charge in [0.25, 0.3) is 5.91 Å². The first-order chi connectivity index (χ1) is 13.2. The SMILES string of the molecule is N#Cc1ccccc1NC(=O)c1ccnc(NCCc2ccc(F)cc2)n1. The molecule has 6 nitrogen and oxygen atoms in total. The van der Waals surface area contributed by atoms with Crippen molar-refractivity contribution in [2.75, 3.05) is 17.2 Å². The van der Waals surface area contributed by atoms with Crippen LogP contribution in [-0.2, 0) is 6.42 Å². The first-order valence-corrected chi connectivity index (χ1v) is 8.27. The number of nitriles is 1. The largest absolute Gasteiger partial charge is 0.354 e. The molecule has 134 valence electrons. The molecule has 2 N–H and O–H groups in total. The minimum absolute atomic E-state index is 0.182. The predicted molar refractivity (Wildman–Crippen MR) is 99.7 cm³/mol. The number of para-hydroxylation sites is 1. The van der Waals surface area contributed by atoms with E-state index in [9.17, 15) is 9.18 Å². The highest BCUT2D eigenvalue weighted by molar-refractivity contribution is 6.03. The number of anilines is 2. The van der Waals surface area contributed by atoms with Gasteiger partial charge in [-0.05, 0) is 42.3 Å². The monoisotopic (exact) mass is 361 g/mol. The van der Waals surface area contributed by atoms with Crippen molar-refractivity contribution < 1.29 is 9.18 Å². The number of nitrogens with one attached hydrogen (secondary N) is 2. The van der Waals surface area contributed by atoms with Crippen molar-refractivity contribution in [1.29, 1.82) is 5.26 Å². The van der Waals surface area contributed by atoms with Crippen molar-refractivity contribution in [3.63, 3.8) is 0 Å². The van der Waals surface area contributed by atoms with Crippen molar-refractivity contribution in [3.8, 4) is 6.07 Å². The number of aromatic nitrogens is 2. The van der Waals surface area contributed by atoms with Crippen molar-refractivity contribution in [2.24, 2.45) is 0 Å². The number of hydrogen-bond donors (Lipinski definition) is 2. The van der Waals surface area contributed by atoms with Gasteiger partial charge in [0.2, 0.25) is 5.95 Å². The molecule has 0 aliphatic carbocycles. The van der Waals surface area contributed by atoms with Gasteiger partial charge in [0, 0.05) is 12.7 Å². The van der Waals surface area contributed by atoms with Crippen LogP contribution in [0.4, 0.5) is 16.0 Å². The third kappa shape index (κ3) is 4.86. The van der Waals surface area contributed by atoms with Crippen LogP contribution in [-0.4, -0.2) is 22.4 Å². The highest BCUT2D eigenvalue weighted by atomic mass is 19.1. The maximum absolute atomic E-state index is 12.9. The summed E-state index contributed by atoms with van der Waals surface area (Å²) in [5.74, 6) is -0.383. The van der Waals surface area contributed by atoms with Crippen LogP contribution in [0, 0.1) is 17.1 Å². The maximum Gasteiger partial charge on any atom is 0.274 e. The highest BCUT2D eigenvalue weighted by Crippen LogP contribution is 2.14. The summed E-state index contributed by atoms with van der Waals surface area (Å²) in [6, 6.07) is 16.5. The standard InChI is InChI=1S/C20H16FN5O/c21-16-7-5-14(6-8-16)9-11-23-20-24-12-10-18(26-20)19(27)25-17-4-2-1-3-15(17)13-22/h1-8,10,12H,9,11H2,(H,25,27)(H,23,24,26). The lowest BCUT2D eigenvalue weighted by Crippen LogP contribution is -2.16. The molecule has 0 fully saturated rings. The van der Waals surface area contributed by atoms with Crippen LogP contribution in [0.25, 0.3) is 0 Å². The zero-order valence-electron chi connectivity index (χ0n) is 14.3. The van der Waals surface area contributed by atoms with Crippen molar-refractivity contribution in [1.82, 2.24) is 9.97 Å². The fraction of sp³-hybridized carbons (Fsp3) is 0.100. The van der Waals surface area contributed by atoms with E-state index >= 15 is 0 Å². The third-order valence-corrected chi connectivity index (χ3v) is 3.79. The molecule has 3 aromatic rings. The number of rotatable bonds is 6. The Morgan fingerprint density at radius 3 is 2.67 bits per heavy atom. The first-order valence-electron chi connectivity index (χ1n) is 8.27. The van der Waals surface area contributed by atoms with Gasteiger partial charge in [-0.15, -0.1) is 0 Å². The average molecular weight is 361 g/mol. The Morgan fingerprint density at radius 1 is 1.11 bits per heavy atom. The van der Waals surface area contributed by atoms with Gasteiger partial charge < -0.3 is 10.6 Å². The molecule has 1 heterocycles. The van der Waals surface area contributed by atoms with Crippen molar-refractivity contribution >= 4 is 17.5 Å². The Hall–Kier alpha value is -3.79. The summed E-state index contributed by atoms with van der Waals surface area (Å²) in [5, 5.41) is 14.8. The van der Waals surface area contributed by atoms with E-state index in [1.807, 2.05) is 6.07 Å². The molecule has 0 atom stereocenters. The number of carbonyl (C=O) groups is 1. The molecule has 2 aromatic carbocycles. The Kier molecular flexibility index (Phi) is 5.70. The zero-order chi connectivity index (χ0) is 19.1. The second-order valence-corrected chi connectivity index (χ2v) is 5.68. The number of benzene rings is 2. The molecular formula is C20H16FN5O. The van der Waals surface area contributed by atoms with E-state index < -0.39 is 5.91 Å². The third-order valence-electron chi connectivity index (χ3n) is 3.79. The van der Waals surface area contributed by atoms with Crippen LogP contribution in [0.1, 0.15) is 21.6 Å². The normalized spacial score (nSPS) is 10.1. The molecule has 0 unspecified atom stereocenters. The van der Waals surface area contributed by atoms with Crippen LogP contribution in [0.3, 0.4) is 0 Å². The molecule has 1 amide bonds. The van der Waals surface area contributed by atoms with E-state index in [1.165, 1.54) is 24.4 Å². The number of amides is 1. The second kappa shape index (κ2) is 8.54. The Morgan fingerprint density at radius 2 is 1.89 bits per heavy atom. The van der Waals surface area contributed by atoms with Gasteiger partial charge in [-0.2, -0.15) is 5.26 Å². The molecule has 0 aliphatic heterocycles. The van der Waals surface area contributed by atoms with E-state index in [1.54, 1.807) is 36.4 Å². The summed E-state index contributed by atoms with van der Waals surface area (Å²) < 4.78 is 12.9. The lowest BCUT2D eigenvalue weighted by atomic mass is 10.1. The fourth-order valence-electron chi connectivity index (χ4n) is 2.42. The molecule has 1 aromatic heterocycles. The lowest BCUT2D eigenvalue weighted by molar-refractivity contribution is 0.102. The zero-order valence-corrected chi connectivity index (χ0v) is 14.3. The minimum atomic E-state index is -0.429. The summed E-state index contributed by atoms with van der Waals surface area (Å²) >= 11 is 0. The maximum atomic E-state index is 12.9. The number of hydrogen-bond acceptors (Lipinski definition) is 5. The topological polar surface area (TPSA) is 90.7 Å². The summed E-state index contributed by atoms with van der Waals surface area (Å²) in [6.07, 6.45) is 2.15. The van der Waals surface area contributed by atoms with E-state index in [2.05, 4.69) is 20.6 Å². The highest BCUT2D eigenvalue weighted by Gasteiger charge is 2.11. The molecule has 0 aliphatic rings. The minimum Gasteiger partial charge on any atom is -0.354 e. The summed E-state index contributed by atoms with van der Waals surface area (Å²) in [5.41, 5.74) is 1.96. The van der Waals surface area contributed by atoms with E-state index in [4.69, 9.17) is 5.26 Å². The van der Waals surface area contributed by atoms with Crippen LogP contribution in [0.2, 0.25) is 0 Å². The molecule has 3 rings (SSSR count). The Balaban J connectivity index is 1.62. The van der Waals surface area contributed by atoms with Gasteiger partial charge >= 0.3 is 0 Å². The van der Waals surface area contributed by atoms with Crippen LogP contribution < -0.4 is 10.6 Å². The molecular weight excluding hydrogens is 345 g/mol. The van der Waals surface area contributed by atoms with Gasteiger partial charge in [0.1, 0.15) is 17.6 Å². The fourth-order valence-corrected chi connectivity index (χ4v) is 2.42. The lowest BCUT2D eigenvalue weighted by Gasteiger charge is -2.08. The van der Waals surface area contributed by atoms with Gasteiger partial charge in [-0.3, -0.25) is 4.79 Å². The number of halogens is 1. The molecule has 0 saturated carbocycles. The van der Waals surface area contributed by atoms with Crippen LogP contribution in [0.5, 0.6) is 0 Å². The van der Waals surface area contributed by atoms with Gasteiger partial charge in [-0.1, -0.05) is 24.3 Å². The van der Waals surface area contributed by atoms with E-state index in [0.717, 1.165) is 5.56 Å². The summed E-state index contributed by atoms with van der Waals surface area (Å²) in [4.78, 5) is 20.7. The van der Waals surface area contributed by atoms with Crippen molar-refractivity contribution in [3.05, 3.63) is 83.4 Å². The van der Waals surface area contributed by atoms with E-state index in [0.29, 0.717) is 30.2 Å². The van der Waals surface area contributed by atoms with Gasteiger partial charge in [-0.25, -0.2) is 14.4 Å². The summed E-state index contributed by atoms with van der Waals surface area (Å²) in [6.45, 7) is 0.536. The van der Waals surface area contributed by atoms with Gasteiger partial charge in [0.15, 0.2) is 0 Å².